The zero-order chi connectivity index (χ0) is 12.8. The van der Waals surface area contributed by atoms with Gasteiger partial charge < -0.3 is 9.84 Å². The first-order chi connectivity index (χ1) is 8.75. The van der Waals surface area contributed by atoms with Gasteiger partial charge in [-0.15, -0.1) is 0 Å². The van der Waals surface area contributed by atoms with Gasteiger partial charge in [0.15, 0.2) is 0 Å². The van der Waals surface area contributed by atoms with E-state index in [0.29, 0.717) is 11.3 Å². The molecule has 0 aliphatic rings. The lowest BCUT2D eigenvalue weighted by molar-refractivity contribution is 0.107. The van der Waals surface area contributed by atoms with E-state index in [1.807, 2.05) is 30.3 Å². The summed E-state index contributed by atoms with van der Waals surface area (Å²) in [7, 11) is 0. The van der Waals surface area contributed by atoms with Crippen LogP contribution in [0.2, 0.25) is 0 Å². The van der Waals surface area contributed by atoms with E-state index in [4.69, 9.17) is 4.74 Å². The lowest BCUT2D eigenvalue weighted by Gasteiger charge is -2.12. The highest BCUT2D eigenvalue weighted by Crippen LogP contribution is 2.12. The minimum absolute atomic E-state index is 0.151. The highest BCUT2D eigenvalue weighted by Gasteiger charge is 2.09. The number of para-hydroxylation sites is 1. The quantitative estimate of drug-likeness (QED) is 0.879. The molecule has 0 aromatic heterocycles. The number of benzene rings is 2. The summed E-state index contributed by atoms with van der Waals surface area (Å²) in [6, 6.07) is 15.7. The SMILES string of the molecule is OC(COc1ccccc1)Cc1ccccc1F. The van der Waals surface area contributed by atoms with E-state index in [-0.39, 0.29) is 18.8 Å². The molecule has 94 valence electrons. The van der Waals surface area contributed by atoms with Crippen LogP contribution >= 0.6 is 0 Å². The summed E-state index contributed by atoms with van der Waals surface area (Å²) in [5, 5.41) is 9.80. The summed E-state index contributed by atoms with van der Waals surface area (Å²) in [4.78, 5) is 0. The van der Waals surface area contributed by atoms with Crippen LogP contribution < -0.4 is 4.74 Å². The minimum atomic E-state index is -0.720. The van der Waals surface area contributed by atoms with Crippen molar-refractivity contribution in [3.8, 4) is 5.75 Å². The Morgan fingerprint density at radius 1 is 1.00 bits per heavy atom. The van der Waals surface area contributed by atoms with Crippen molar-refractivity contribution < 1.29 is 14.2 Å². The molecule has 1 N–H and O–H groups in total. The molecule has 0 saturated heterocycles. The van der Waals surface area contributed by atoms with Crippen molar-refractivity contribution in [3.05, 3.63) is 66.0 Å². The standard InChI is InChI=1S/C15H15FO2/c16-15-9-5-4-6-12(15)10-13(17)11-18-14-7-2-1-3-8-14/h1-9,13,17H,10-11H2. The Morgan fingerprint density at radius 2 is 1.67 bits per heavy atom. The molecule has 0 aliphatic carbocycles. The normalized spacial score (nSPS) is 12.1. The van der Waals surface area contributed by atoms with Crippen LogP contribution in [0.5, 0.6) is 5.75 Å². The van der Waals surface area contributed by atoms with Crippen LogP contribution in [0.4, 0.5) is 4.39 Å². The molecule has 3 heteroatoms. The molecular formula is C15H15FO2. The van der Waals surface area contributed by atoms with Crippen LogP contribution in [-0.2, 0) is 6.42 Å². The lowest BCUT2D eigenvalue weighted by atomic mass is 10.1. The van der Waals surface area contributed by atoms with Gasteiger partial charge in [-0.2, -0.15) is 0 Å². The van der Waals surface area contributed by atoms with E-state index in [2.05, 4.69) is 0 Å². The van der Waals surface area contributed by atoms with Crippen LogP contribution in [-0.4, -0.2) is 17.8 Å². The van der Waals surface area contributed by atoms with E-state index in [1.165, 1.54) is 6.07 Å². The van der Waals surface area contributed by atoms with E-state index < -0.39 is 6.10 Å². The average Bonchev–Trinajstić information content (AvgIpc) is 2.40. The van der Waals surface area contributed by atoms with Gasteiger partial charge >= 0.3 is 0 Å². The molecule has 0 fully saturated rings. The molecule has 0 radical (unpaired) electrons. The summed E-state index contributed by atoms with van der Waals surface area (Å²) in [6.45, 7) is 0.151. The van der Waals surface area contributed by atoms with Gasteiger partial charge in [0.25, 0.3) is 0 Å². The molecule has 2 aromatic rings. The first-order valence-corrected chi connectivity index (χ1v) is 5.85. The molecule has 18 heavy (non-hydrogen) atoms. The predicted octanol–water partition coefficient (Wildman–Crippen LogP) is 2.81. The zero-order valence-electron chi connectivity index (χ0n) is 9.92. The molecule has 0 amide bonds. The highest BCUT2D eigenvalue weighted by atomic mass is 19.1. The number of hydrogen-bond acceptors (Lipinski definition) is 2. The van der Waals surface area contributed by atoms with E-state index in [1.54, 1.807) is 18.2 Å². The van der Waals surface area contributed by atoms with Gasteiger partial charge in [0.05, 0.1) is 6.10 Å². The Balaban J connectivity index is 1.86. The molecule has 0 aliphatic heterocycles. The Labute approximate surface area is 106 Å². The Kier molecular flexibility index (Phi) is 4.31. The van der Waals surface area contributed by atoms with Gasteiger partial charge in [0.2, 0.25) is 0 Å². The van der Waals surface area contributed by atoms with Crippen molar-refractivity contribution in [2.24, 2.45) is 0 Å². The van der Waals surface area contributed by atoms with Crippen molar-refractivity contribution in [1.82, 2.24) is 0 Å². The van der Waals surface area contributed by atoms with Crippen molar-refractivity contribution in [3.63, 3.8) is 0 Å². The Hall–Kier alpha value is -1.87. The third-order valence-corrected chi connectivity index (χ3v) is 2.60. The van der Waals surface area contributed by atoms with E-state index >= 15 is 0 Å². The first-order valence-electron chi connectivity index (χ1n) is 5.85. The molecule has 2 rings (SSSR count). The Bertz CT molecular complexity index is 485. The average molecular weight is 246 g/mol. The van der Waals surface area contributed by atoms with Crippen LogP contribution in [0.25, 0.3) is 0 Å². The second-order valence-corrected chi connectivity index (χ2v) is 4.07. The smallest absolute Gasteiger partial charge is 0.126 e. The van der Waals surface area contributed by atoms with Gasteiger partial charge in [-0.25, -0.2) is 4.39 Å². The maximum atomic E-state index is 13.4. The summed E-state index contributed by atoms with van der Waals surface area (Å²) in [6.07, 6.45) is -0.471. The second-order valence-electron chi connectivity index (χ2n) is 4.07. The molecule has 0 saturated carbocycles. The van der Waals surface area contributed by atoms with Gasteiger partial charge in [-0.1, -0.05) is 36.4 Å². The highest BCUT2D eigenvalue weighted by molar-refractivity contribution is 5.21. The number of rotatable bonds is 5. The third-order valence-electron chi connectivity index (χ3n) is 2.60. The zero-order valence-corrected chi connectivity index (χ0v) is 9.92. The molecule has 2 nitrogen and oxygen atoms in total. The van der Waals surface area contributed by atoms with Crippen molar-refractivity contribution in [1.29, 1.82) is 0 Å². The summed E-state index contributed by atoms with van der Waals surface area (Å²) in [5.74, 6) is 0.404. The largest absolute Gasteiger partial charge is 0.491 e. The number of aliphatic hydroxyl groups excluding tert-OH is 1. The monoisotopic (exact) mass is 246 g/mol. The van der Waals surface area contributed by atoms with E-state index in [0.717, 1.165) is 0 Å². The summed E-state index contributed by atoms with van der Waals surface area (Å²) >= 11 is 0. The molecular weight excluding hydrogens is 231 g/mol. The topological polar surface area (TPSA) is 29.5 Å². The molecule has 1 unspecified atom stereocenters. The van der Waals surface area contributed by atoms with Gasteiger partial charge in [-0.05, 0) is 23.8 Å². The predicted molar refractivity (Wildman–Crippen MR) is 68.0 cm³/mol. The fourth-order valence-electron chi connectivity index (χ4n) is 1.69. The number of ether oxygens (including phenoxy) is 1. The fourth-order valence-corrected chi connectivity index (χ4v) is 1.69. The molecule has 0 bridgehead atoms. The number of aliphatic hydroxyl groups is 1. The van der Waals surface area contributed by atoms with Gasteiger partial charge in [0, 0.05) is 6.42 Å². The third kappa shape index (κ3) is 3.57. The molecule has 2 aromatic carbocycles. The number of halogens is 1. The number of hydrogen-bond donors (Lipinski definition) is 1. The van der Waals surface area contributed by atoms with Crippen molar-refractivity contribution in [2.75, 3.05) is 6.61 Å². The van der Waals surface area contributed by atoms with Crippen molar-refractivity contribution >= 4 is 0 Å². The van der Waals surface area contributed by atoms with E-state index in [9.17, 15) is 9.50 Å². The van der Waals surface area contributed by atoms with Crippen molar-refractivity contribution in [2.45, 2.75) is 12.5 Å². The van der Waals surface area contributed by atoms with Crippen LogP contribution in [0.15, 0.2) is 54.6 Å². The minimum Gasteiger partial charge on any atom is -0.491 e. The molecule has 0 heterocycles. The maximum Gasteiger partial charge on any atom is 0.126 e. The molecule has 1 atom stereocenters. The first kappa shape index (κ1) is 12.6. The second kappa shape index (κ2) is 6.17. The summed E-state index contributed by atoms with van der Waals surface area (Å²) < 4.78 is 18.8. The fraction of sp³-hybridized carbons (Fsp3) is 0.200. The molecule has 0 spiro atoms. The van der Waals surface area contributed by atoms with Crippen LogP contribution in [0.1, 0.15) is 5.56 Å². The lowest BCUT2D eigenvalue weighted by Crippen LogP contribution is -2.20. The van der Waals surface area contributed by atoms with Crippen LogP contribution in [0, 0.1) is 5.82 Å². The summed E-state index contributed by atoms with van der Waals surface area (Å²) in [5.41, 5.74) is 0.502. The van der Waals surface area contributed by atoms with Gasteiger partial charge in [-0.3, -0.25) is 0 Å². The van der Waals surface area contributed by atoms with Gasteiger partial charge in [0.1, 0.15) is 18.2 Å². The maximum absolute atomic E-state index is 13.4. The Morgan fingerprint density at radius 3 is 2.39 bits per heavy atom. The van der Waals surface area contributed by atoms with Crippen LogP contribution in [0.3, 0.4) is 0 Å².